The summed E-state index contributed by atoms with van der Waals surface area (Å²) in [5.41, 5.74) is 2.52. The van der Waals surface area contributed by atoms with E-state index in [0.29, 0.717) is 11.6 Å². The summed E-state index contributed by atoms with van der Waals surface area (Å²) < 4.78 is 0. The van der Waals surface area contributed by atoms with Gasteiger partial charge in [-0.1, -0.05) is 29.8 Å². The van der Waals surface area contributed by atoms with Crippen LogP contribution in [0.2, 0.25) is 5.02 Å². The van der Waals surface area contributed by atoms with Crippen molar-refractivity contribution in [3.05, 3.63) is 56.4 Å². The lowest BCUT2D eigenvalue weighted by molar-refractivity contribution is -0.120. The Bertz CT molecular complexity index is 828. The first-order valence-electron chi connectivity index (χ1n) is 6.99. The first-order valence-corrected chi connectivity index (χ1v) is 9.12. The molecular formula is C16H14ClN3OS2. The zero-order valence-corrected chi connectivity index (χ0v) is 14.8. The summed E-state index contributed by atoms with van der Waals surface area (Å²) in [5, 5.41) is 9.20. The van der Waals surface area contributed by atoms with E-state index in [-0.39, 0.29) is 12.3 Å². The molecule has 7 heteroatoms. The minimum Gasteiger partial charge on any atom is -0.350 e. The standard InChI is InChI=1S/C16H14ClN3OS2/c1-10-19-12(9-22-10)7-18-15(21)6-11-8-23-16(20-11)13-4-2-3-5-14(13)17/h2-5,8-9H,6-7H2,1H3,(H,18,21). The molecule has 0 radical (unpaired) electrons. The molecule has 0 atom stereocenters. The molecule has 23 heavy (non-hydrogen) atoms. The fourth-order valence-electron chi connectivity index (χ4n) is 2.05. The summed E-state index contributed by atoms with van der Waals surface area (Å²) in [4.78, 5) is 20.8. The van der Waals surface area contributed by atoms with Crippen LogP contribution in [-0.2, 0) is 17.8 Å². The topological polar surface area (TPSA) is 54.9 Å². The van der Waals surface area contributed by atoms with E-state index in [1.807, 2.05) is 41.9 Å². The molecule has 1 aromatic carbocycles. The van der Waals surface area contributed by atoms with Crippen LogP contribution in [-0.4, -0.2) is 15.9 Å². The third-order valence-electron chi connectivity index (χ3n) is 3.13. The molecule has 0 spiro atoms. The van der Waals surface area contributed by atoms with Crippen LogP contribution in [0.1, 0.15) is 16.4 Å². The number of nitrogens with one attached hydrogen (secondary N) is 1. The summed E-state index contributed by atoms with van der Waals surface area (Å²) in [6, 6.07) is 7.56. The lowest BCUT2D eigenvalue weighted by Crippen LogP contribution is -2.24. The second-order valence-corrected chi connectivity index (χ2v) is 7.26. The number of carbonyl (C=O) groups excluding carboxylic acids is 1. The summed E-state index contributed by atoms with van der Waals surface area (Å²) in [5.74, 6) is -0.0633. The normalized spacial score (nSPS) is 10.7. The molecule has 0 aliphatic carbocycles. The molecule has 3 rings (SSSR count). The Kier molecular flexibility index (Phi) is 5.05. The molecule has 0 aliphatic heterocycles. The first kappa shape index (κ1) is 16.1. The number of nitrogens with zero attached hydrogens (tertiary/aromatic N) is 2. The Labute approximate surface area is 147 Å². The highest BCUT2D eigenvalue weighted by Crippen LogP contribution is 2.30. The molecule has 0 saturated carbocycles. The molecule has 3 aromatic rings. The second kappa shape index (κ2) is 7.21. The summed E-state index contributed by atoms with van der Waals surface area (Å²) in [6.07, 6.45) is 0.254. The number of thiazole rings is 2. The van der Waals surface area contributed by atoms with Gasteiger partial charge in [-0.25, -0.2) is 9.97 Å². The highest BCUT2D eigenvalue weighted by atomic mass is 35.5. The number of carbonyl (C=O) groups is 1. The van der Waals surface area contributed by atoms with Crippen molar-refractivity contribution in [2.75, 3.05) is 0 Å². The average Bonchev–Trinajstić information content (AvgIpc) is 3.15. The Morgan fingerprint density at radius 2 is 1.96 bits per heavy atom. The third-order valence-corrected chi connectivity index (χ3v) is 5.21. The van der Waals surface area contributed by atoms with Gasteiger partial charge in [0.05, 0.1) is 34.4 Å². The number of rotatable bonds is 5. The highest BCUT2D eigenvalue weighted by Gasteiger charge is 2.11. The maximum Gasteiger partial charge on any atom is 0.226 e. The van der Waals surface area contributed by atoms with Gasteiger partial charge < -0.3 is 5.32 Å². The average molecular weight is 364 g/mol. The second-order valence-electron chi connectivity index (χ2n) is 4.94. The van der Waals surface area contributed by atoms with Crippen molar-refractivity contribution in [2.24, 2.45) is 0 Å². The highest BCUT2D eigenvalue weighted by molar-refractivity contribution is 7.13. The van der Waals surface area contributed by atoms with Crippen molar-refractivity contribution in [3.63, 3.8) is 0 Å². The van der Waals surface area contributed by atoms with Crippen molar-refractivity contribution >= 4 is 40.2 Å². The smallest absolute Gasteiger partial charge is 0.226 e. The van der Waals surface area contributed by atoms with Crippen molar-refractivity contribution in [1.82, 2.24) is 15.3 Å². The van der Waals surface area contributed by atoms with Crippen LogP contribution < -0.4 is 5.32 Å². The first-order chi connectivity index (χ1) is 11.1. The molecule has 0 unspecified atom stereocenters. The maximum atomic E-state index is 12.0. The van der Waals surface area contributed by atoms with Crippen LogP contribution in [0.4, 0.5) is 0 Å². The van der Waals surface area contributed by atoms with Gasteiger partial charge in [-0.3, -0.25) is 4.79 Å². The molecular weight excluding hydrogens is 350 g/mol. The van der Waals surface area contributed by atoms with Gasteiger partial charge in [-0.15, -0.1) is 22.7 Å². The van der Waals surface area contributed by atoms with Crippen molar-refractivity contribution < 1.29 is 4.79 Å². The van der Waals surface area contributed by atoms with E-state index >= 15 is 0 Å². The van der Waals surface area contributed by atoms with E-state index < -0.39 is 0 Å². The molecule has 0 fully saturated rings. The summed E-state index contributed by atoms with van der Waals surface area (Å²) in [6.45, 7) is 2.40. The third kappa shape index (κ3) is 4.16. The van der Waals surface area contributed by atoms with Crippen LogP contribution in [0.5, 0.6) is 0 Å². The van der Waals surface area contributed by atoms with E-state index in [1.165, 1.54) is 11.3 Å². The Balaban J connectivity index is 1.60. The number of benzene rings is 1. The Morgan fingerprint density at radius 1 is 1.17 bits per heavy atom. The number of hydrogen-bond donors (Lipinski definition) is 1. The van der Waals surface area contributed by atoms with Gasteiger partial charge in [0, 0.05) is 16.3 Å². The van der Waals surface area contributed by atoms with Crippen LogP contribution >= 0.6 is 34.3 Å². The van der Waals surface area contributed by atoms with Gasteiger partial charge in [-0.05, 0) is 13.0 Å². The zero-order chi connectivity index (χ0) is 16.2. The van der Waals surface area contributed by atoms with E-state index in [0.717, 1.165) is 27.0 Å². The van der Waals surface area contributed by atoms with E-state index in [4.69, 9.17) is 11.6 Å². The molecule has 2 aromatic heterocycles. The van der Waals surface area contributed by atoms with E-state index in [2.05, 4.69) is 15.3 Å². The van der Waals surface area contributed by atoms with E-state index in [9.17, 15) is 4.79 Å². The van der Waals surface area contributed by atoms with E-state index in [1.54, 1.807) is 11.3 Å². The molecule has 1 N–H and O–H groups in total. The van der Waals surface area contributed by atoms with Gasteiger partial charge in [0.15, 0.2) is 0 Å². The number of halogens is 1. The molecule has 1 amide bonds. The quantitative estimate of drug-likeness (QED) is 0.742. The summed E-state index contributed by atoms with van der Waals surface area (Å²) in [7, 11) is 0. The monoisotopic (exact) mass is 363 g/mol. The number of hydrogen-bond acceptors (Lipinski definition) is 5. The van der Waals surface area contributed by atoms with Crippen LogP contribution in [0.25, 0.3) is 10.6 Å². The lowest BCUT2D eigenvalue weighted by atomic mass is 10.2. The van der Waals surface area contributed by atoms with Crippen LogP contribution in [0.15, 0.2) is 35.0 Å². The van der Waals surface area contributed by atoms with Crippen molar-refractivity contribution in [3.8, 4) is 10.6 Å². The maximum absolute atomic E-state index is 12.0. The van der Waals surface area contributed by atoms with Crippen molar-refractivity contribution in [1.29, 1.82) is 0 Å². The number of aryl methyl sites for hydroxylation is 1. The fraction of sp³-hybridized carbons (Fsp3) is 0.188. The predicted molar refractivity (Wildman–Crippen MR) is 95.0 cm³/mol. The molecule has 0 bridgehead atoms. The van der Waals surface area contributed by atoms with Crippen molar-refractivity contribution in [2.45, 2.75) is 19.9 Å². The predicted octanol–water partition coefficient (Wildman–Crippen LogP) is 4.09. The van der Waals surface area contributed by atoms with Gasteiger partial charge in [0.25, 0.3) is 0 Å². The molecule has 118 valence electrons. The largest absolute Gasteiger partial charge is 0.350 e. The minimum absolute atomic E-state index is 0.0633. The number of aromatic nitrogens is 2. The number of amides is 1. The van der Waals surface area contributed by atoms with Gasteiger partial charge in [-0.2, -0.15) is 0 Å². The molecule has 0 aliphatic rings. The fourth-order valence-corrected chi connectivity index (χ4v) is 3.80. The summed E-state index contributed by atoms with van der Waals surface area (Å²) >= 11 is 9.24. The Hall–Kier alpha value is -1.76. The lowest BCUT2D eigenvalue weighted by Gasteiger charge is -2.01. The van der Waals surface area contributed by atoms with Gasteiger partial charge >= 0.3 is 0 Å². The zero-order valence-electron chi connectivity index (χ0n) is 12.4. The SMILES string of the molecule is Cc1nc(CNC(=O)Cc2csc(-c3ccccc3Cl)n2)cs1. The molecule has 0 saturated heterocycles. The van der Waals surface area contributed by atoms with Crippen LogP contribution in [0.3, 0.4) is 0 Å². The van der Waals surface area contributed by atoms with Gasteiger partial charge in [0.2, 0.25) is 5.91 Å². The Morgan fingerprint density at radius 3 is 2.70 bits per heavy atom. The van der Waals surface area contributed by atoms with Gasteiger partial charge in [0.1, 0.15) is 5.01 Å². The molecule has 2 heterocycles. The minimum atomic E-state index is -0.0633. The molecule has 4 nitrogen and oxygen atoms in total. The van der Waals surface area contributed by atoms with Crippen LogP contribution in [0, 0.1) is 6.92 Å².